The normalized spacial score (nSPS) is 14.8. The molecule has 0 atom stereocenters. The maximum absolute atomic E-state index is 4.79. The van der Waals surface area contributed by atoms with Gasteiger partial charge in [-0.15, -0.1) is 16.9 Å². The summed E-state index contributed by atoms with van der Waals surface area (Å²) in [6, 6.07) is 49.3. The molecule has 0 N–H and O–H groups in total. The summed E-state index contributed by atoms with van der Waals surface area (Å²) in [6.07, 6.45) is 1.87. The summed E-state index contributed by atoms with van der Waals surface area (Å²) in [4.78, 5) is 14.0. The molecule has 5 nitrogen and oxygen atoms in total. The van der Waals surface area contributed by atoms with E-state index in [0.717, 1.165) is 22.9 Å². The maximum atomic E-state index is 4.79. The molecule has 0 aliphatic carbocycles. The summed E-state index contributed by atoms with van der Waals surface area (Å²) >= 11 is 0. The molecule has 0 spiro atoms. The van der Waals surface area contributed by atoms with Crippen LogP contribution in [0.2, 0.25) is 13.1 Å². The van der Waals surface area contributed by atoms with Crippen molar-refractivity contribution in [2.45, 2.75) is 26.9 Å². The molecule has 0 radical (unpaired) electrons. The Morgan fingerprint density at radius 1 is 0.694 bits per heavy atom. The van der Waals surface area contributed by atoms with Gasteiger partial charge < -0.3 is 19.4 Å². The number of aryl methyl sites for hydroxylation is 2. The number of nitrogens with zero attached hydrogens (tertiary/aromatic N) is 5. The summed E-state index contributed by atoms with van der Waals surface area (Å²) in [5.74, 6) is 0.950. The van der Waals surface area contributed by atoms with Gasteiger partial charge in [-0.25, -0.2) is 4.98 Å². The van der Waals surface area contributed by atoms with Crippen molar-refractivity contribution in [2.75, 3.05) is 26.5 Å². The minimum atomic E-state index is -1.61. The molecule has 0 unspecified atom stereocenters. The van der Waals surface area contributed by atoms with E-state index in [2.05, 4.69) is 169 Å². The largest absolute Gasteiger partial charge is 3.00 e. The van der Waals surface area contributed by atoms with Gasteiger partial charge in [-0.1, -0.05) is 78.4 Å². The predicted molar refractivity (Wildman–Crippen MR) is 205 cm³/mol. The average molecular weight is 831 g/mol. The van der Waals surface area contributed by atoms with Crippen LogP contribution in [0.3, 0.4) is 0 Å². The molecule has 3 aliphatic rings. The number of hydrogen-bond acceptors (Lipinski definition) is 5. The zero-order valence-electron chi connectivity index (χ0n) is 28.3. The Bertz CT molecular complexity index is 2040. The van der Waals surface area contributed by atoms with Gasteiger partial charge >= 0.3 is 27.1 Å². The van der Waals surface area contributed by atoms with Crippen molar-refractivity contribution in [1.82, 2.24) is 4.98 Å². The van der Waals surface area contributed by atoms with E-state index >= 15 is 0 Å². The van der Waals surface area contributed by atoms with Gasteiger partial charge in [0.05, 0.1) is 13.8 Å². The fraction of sp³-hybridized carbons (Fsp3) is 0.122. The number of para-hydroxylation sites is 4. The molecule has 3 aliphatic heterocycles. The zero-order chi connectivity index (χ0) is 33.0. The van der Waals surface area contributed by atoms with E-state index in [0.29, 0.717) is 0 Å². The Labute approximate surface area is 305 Å². The number of benzene rings is 5. The van der Waals surface area contributed by atoms with Crippen molar-refractivity contribution in [3.8, 4) is 0 Å². The molecule has 8 heteroatoms. The van der Waals surface area contributed by atoms with Crippen LogP contribution in [-0.4, -0.2) is 27.1 Å². The van der Waals surface area contributed by atoms with Gasteiger partial charge in [0.1, 0.15) is 5.82 Å². The van der Waals surface area contributed by atoms with E-state index in [1.807, 2.05) is 30.5 Å². The monoisotopic (exact) mass is 831 g/mol. The van der Waals surface area contributed by atoms with Crippen LogP contribution >= 0.6 is 0 Å². The number of anilines is 7. The van der Waals surface area contributed by atoms with Crippen LogP contribution in [0.5, 0.6) is 0 Å². The van der Waals surface area contributed by atoms with Crippen LogP contribution in [0, 0.1) is 32.6 Å². The molecule has 0 saturated heterocycles. The van der Waals surface area contributed by atoms with Gasteiger partial charge in [0.2, 0.25) is 0 Å². The van der Waals surface area contributed by atoms with Crippen LogP contribution in [0.15, 0.2) is 128 Å². The molecular weight excluding hydrogens is 794 g/mol. The number of fused-ring (bicyclic) bond motifs is 3. The Morgan fingerprint density at radius 3 is 2.14 bits per heavy atom. The molecule has 4 heterocycles. The summed E-state index contributed by atoms with van der Waals surface area (Å²) in [5, 5.41) is 3.00. The average Bonchev–Trinajstić information content (AvgIpc) is 3.64. The Kier molecular flexibility index (Phi) is 8.74. The summed E-state index contributed by atoms with van der Waals surface area (Å²) in [6.45, 7) is 11.4. The molecule has 0 saturated carbocycles. The van der Waals surface area contributed by atoms with Gasteiger partial charge in [-0.2, -0.15) is 55.2 Å². The van der Waals surface area contributed by atoms with Crippen LogP contribution in [0.1, 0.15) is 11.1 Å². The van der Waals surface area contributed by atoms with Gasteiger partial charge in [0.25, 0.3) is 0 Å². The van der Waals surface area contributed by atoms with Crippen LogP contribution in [0.4, 0.5) is 39.9 Å². The summed E-state index contributed by atoms with van der Waals surface area (Å²) in [7, 11) is 0.502. The number of aromatic nitrogens is 1. The molecule has 5 aromatic carbocycles. The Balaban J connectivity index is 0.000000164. The first-order chi connectivity index (χ1) is 23.4. The number of rotatable bonds is 3. The van der Waals surface area contributed by atoms with Gasteiger partial charge in [0.15, 0.2) is 0 Å². The maximum Gasteiger partial charge on any atom is 3.00 e. The fourth-order valence-corrected chi connectivity index (χ4v) is 10.5. The third kappa shape index (κ3) is 5.39. The zero-order valence-corrected chi connectivity index (χ0v) is 31.7. The molecule has 242 valence electrons. The van der Waals surface area contributed by atoms with Gasteiger partial charge in [-0.05, 0) is 61.9 Å². The minimum Gasteiger partial charge on any atom is -0.504 e. The standard InChI is InChI=1S/C25H21BN3.C16H16N2Si.Ir/c1-19-11-9-12-20(2)24(19)26-28(21-13-5-3-6-14-21)23-17-10-18-27-25(23)29(26)22-15-7-4-8-16-22;1-17-11-18-12-7-4-5-9-14(12)19(2,3)15-10-6-8-13(17)16(15)18;/h3-15,17-18H,1-2H3;4-6,8-11H,1-3H3;/q-1;-2;+3. The van der Waals surface area contributed by atoms with Gasteiger partial charge in [0, 0.05) is 23.3 Å². The van der Waals surface area contributed by atoms with Crippen molar-refractivity contribution >= 4 is 70.8 Å². The first-order valence-corrected chi connectivity index (χ1v) is 19.5. The molecule has 1 aromatic heterocycles. The summed E-state index contributed by atoms with van der Waals surface area (Å²) < 4.78 is 0. The van der Waals surface area contributed by atoms with E-state index < -0.39 is 8.07 Å². The fourth-order valence-electron chi connectivity index (χ4n) is 7.58. The molecule has 9 rings (SSSR count). The Hall–Kier alpha value is -4.62. The van der Waals surface area contributed by atoms with E-state index in [-0.39, 0.29) is 27.1 Å². The summed E-state index contributed by atoms with van der Waals surface area (Å²) in [5.41, 5.74) is 11.0. The first kappa shape index (κ1) is 32.9. The molecule has 49 heavy (non-hydrogen) atoms. The van der Waals surface area contributed by atoms with E-state index in [1.165, 1.54) is 44.0 Å². The van der Waals surface area contributed by atoms with E-state index in [4.69, 9.17) is 4.98 Å². The number of pyridine rings is 1. The Morgan fingerprint density at radius 2 is 1.39 bits per heavy atom. The second-order valence-corrected chi connectivity index (χ2v) is 17.5. The third-order valence-electron chi connectivity index (χ3n) is 9.88. The van der Waals surface area contributed by atoms with Crippen LogP contribution in [-0.2, 0) is 20.1 Å². The van der Waals surface area contributed by atoms with Crippen LogP contribution in [0.25, 0.3) is 0 Å². The molecule has 0 bridgehead atoms. The molecule has 6 aromatic rings. The van der Waals surface area contributed by atoms with Crippen molar-refractivity contribution in [1.29, 1.82) is 0 Å². The number of hydrogen-bond donors (Lipinski definition) is 0. The SMILES string of the molecule is CN1[CH-]N2c3[c-]cccc3[Si](C)(C)c3cccc1c32.Cc1cccc(C)c1B1N(c2ccccc2)c2cccnc2N1c1[c-]cccc1.[Ir+3]. The minimum absolute atomic E-state index is 0. The third-order valence-corrected chi connectivity index (χ3v) is 13.4. The van der Waals surface area contributed by atoms with Crippen molar-refractivity contribution in [2.24, 2.45) is 0 Å². The second kappa shape index (κ2) is 13.0. The molecule has 0 fully saturated rings. The van der Waals surface area contributed by atoms with Crippen LogP contribution < -0.4 is 35.3 Å². The molecular formula is C41H37BIrN5Si. The molecule has 0 amide bonds. The topological polar surface area (TPSA) is 25.9 Å². The predicted octanol–water partition coefficient (Wildman–Crippen LogP) is 7.51. The second-order valence-electron chi connectivity index (χ2n) is 13.2. The van der Waals surface area contributed by atoms with E-state index in [9.17, 15) is 0 Å². The first-order valence-electron chi connectivity index (χ1n) is 16.5. The smallest absolute Gasteiger partial charge is 0.504 e. The van der Waals surface area contributed by atoms with Crippen molar-refractivity contribution in [3.63, 3.8) is 0 Å². The van der Waals surface area contributed by atoms with E-state index in [1.54, 1.807) is 0 Å². The van der Waals surface area contributed by atoms with Gasteiger partial charge in [-0.3, -0.25) is 0 Å². The van der Waals surface area contributed by atoms with Crippen molar-refractivity contribution in [3.05, 3.63) is 157 Å². The van der Waals surface area contributed by atoms with Crippen molar-refractivity contribution < 1.29 is 20.1 Å². The quantitative estimate of drug-likeness (QED) is 0.136.